The Kier molecular flexibility index (Phi) is 5.26. The van der Waals surface area contributed by atoms with Gasteiger partial charge in [0.15, 0.2) is 11.1 Å². The van der Waals surface area contributed by atoms with Crippen LogP contribution in [0.4, 0.5) is 0 Å². The Balaban J connectivity index is 0. The second kappa shape index (κ2) is 5.39. The normalized spacial score (nSPS) is 11.5. The number of methoxy groups -OCH3 is 1. The van der Waals surface area contributed by atoms with Crippen LogP contribution in [0.25, 0.3) is 0 Å². The topological polar surface area (TPSA) is 46.5 Å². The minimum Gasteiger partial charge on any atom is -1.00 e. The van der Waals surface area contributed by atoms with E-state index in [9.17, 15) is 4.21 Å². The van der Waals surface area contributed by atoms with E-state index in [1.807, 2.05) is 0 Å². The van der Waals surface area contributed by atoms with Crippen molar-refractivity contribution in [3.63, 3.8) is 0 Å². The molecule has 0 bridgehead atoms. The first-order chi connectivity index (χ1) is 5.25. The van der Waals surface area contributed by atoms with Gasteiger partial charge in [-0.05, 0) is 12.1 Å². The van der Waals surface area contributed by atoms with E-state index in [0.29, 0.717) is 10.6 Å². The summed E-state index contributed by atoms with van der Waals surface area (Å²) in [5, 5.41) is 0. The Hall–Kier alpha value is -0.273. The van der Waals surface area contributed by atoms with Gasteiger partial charge in [0.05, 0.1) is 7.11 Å². The van der Waals surface area contributed by atoms with Crippen molar-refractivity contribution in [2.24, 2.45) is 0 Å². The predicted octanol–water partition coefficient (Wildman–Crippen LogP) is -1.61. The van der Waals surface area contributed by atoms with Gasteiger partial charge in [-0.3, -0.25) is 0 Å². The second-order valence-corrected chi connectivity index (χ2v) is 2.84. The maximum atomic E-state index is 10.6. The summed E-state index contributed by atoms with van der Waals surface area (Å²) in [4.78, 5) is 0.301. The van der Waals surface area contributed by atoms with Gasteiger partial charge in [-0.15, -0.1) is 0 Å². The van der Waals surface area contributed by atoms with Crippen LogP contribution in [-0.2, 0) is 11.1 Å². The third kappa shape index (κ3) is 2.65. The molecule has 0 aliphatic heterocycles. The van der Waals surface area contributed by atoms with Gasteiger partial charge in [-0.25, -0.2) is 4.21 Å². The van der Waals surface area contributed by atoms with Crippen molar-refractivity contribution in [2.45, 2.75) is 4.90 Å². The third-order valence-electron chi connectivity index (χ3n) is 1.26. The molecule has 5 heteroatoms. The maximum absolute atomic E-state index is 10.6. The maximum Gasteiger partial charge on any atom is 1.00 e. The standard InChI is InChI=1S/C7H8O3S.Li.H/c1-10-6-4-2-3-5-7(6)11(8)9;;/h2-5H,1H3,(H,8,9);;/q;+1;-1. The second-order valence-electron chi connectivity index (χ2n) is 1.90. The van der Waals surface area contributed by atoms with E-state index in [-0.39, 0.29) is 20.3 Å². The number of hydrogen-bond acceptors (Lipinski definition) is 2. The Morgan fingerprint density at radius 2 is 2.08 bits per heavy atom. The number of benzene rings is 1. The van der Waals surface area contributed by atoms with Gasteiger partial charge in [0, 0.05) is 0 Å². The van der Waals surface area contributed by atoms with E-state index >= 15 is 0 Å². The van der Waals surface area contributed by atoms with Gasteiger partial charge in [-0.1, -0.05) is 12.1 Å². The Labute approximate surface area is 87.1 Å². The molecule has 0 saturated carbocycles. The quantitative estimate of drug-likeness (QED) is 0.440. The fraction of sp³-hybridized carbons (Fsp3) is 0.143. The SMILES string of the molecule is COc1ccccc1S(=O)O.[H-].[Li+]. The van der Waals surface area contributed by atoms with Crippen LogP contribution in [0.15, 0.2) is 29.2 Å². The molecule has 0 fully saturated rings. The Morgan fingerprint density at radius 1 is 1.50 bits per heavy atom. The van der Waals surface area contributed by atoms with Crippen LogP contribution >= 0.6 is 0 Å². The fourth-order valence-corrected chi connectivity index (χ4v) is 1.28. The van der Waals surface area contributed by atoms with E-state index < -0.39 is 11.1 Å². The molecule has 0 radical (unpaired) electrons. The zero-order valence-electron chi connectivity index (χ0n) is 7.98. The summed E-state index contributed by atoms with van der Waals surface area (Å²) in [5.74, 6) is 0.438. The van der Waals surface area contributed by atoms with Gasteiger partial charge in [0.1, 0.15) is 10.6 Å². The van der Waals surface area contributed by atoms with Gasteiger partial charge >= 0.3 is 18.9 Å². The summed E-state index contributed by atoms with van der Waals surface area (Å²) < 4.78 is 24.2. The van der Waals surface area contributed by atoms with Gasteiger partial charge in [-0.2, -0.15) is 0 Å². The number of para-hydroxylation sites is 1. The molecular weight excluding hydrogens is 171 g/mol. The van der Waals surface area contributed by atoms with Crippen LogP contribution < -0.4 is 23.6 Å². The number of rotatable bonds is 2. The van der Waals surface area contributed by atoms with Crippen LogP contribution in [0.3, 0.4) is 0 Å². The molecule has 0 heterocycles. The van der Waals surface area contributed by atoms with Crippen molar-refractivity contribution in [1.29, 1.82) is 0 Å². The molecule has 1 atom stereocenters. The summed E-state index contributed by atoms with van der Waals surface area (Å²) in [7, 11) is 1.46. The first-order valence-electron chi connectivity index (χ1n) is 2.99. The molecule has 0 aromatic heterocycles. The van der Waals surface area contributed by atoms with Crippen molar-refractivity contribution in [3.8, 4) is 5.75 Å². The van der Waals surface area contributed by atoms with Crippen molar-refractivity contribution in [1.82, 2.24) is 0 Å². The van der Waals surface area contributed by atoms with Gasteiger partial charge in [0.25, 0.3) is 0 Å². The minimum atomic E-state index is -1.97. The van der Waals surface area contributed by atoms with Gasteiger partial charge < -0.3 is 10.7 Å². The largest absolute Gasteiger partial charge is 1.00 e. The first-order valence-corrected chi connectivity index (χ1v) is 4.10. The smallest absolute Gasteiger partial charge is 1.00 e. The molecule has 1 N–H and O–H groups in total. The number of ether oxygens (including phenoxy) is 1. The summed E-state index contributed by atoms with van der Waals surface area (Å²) in [5.41, 5.74) is 0. The average Bonchev–Trinajstić information content (AvgIpc) is 2.04. The Bertz CT molecular complexity index is 282. The number of hydrogen-bond donors (Lipinski definition) is 1. The van der Waals surface area contributed by atoms with E-state index in [4.69, 9.17) is 9.29 Å². The molecule has 12 heavy (non-hydrogen) atoms. The van der Waals surface area contributed by atoms with Crippen LogP contribution in [0.5, 0.6) is 5.75 Å². The molecule has 1 aromatic carbocycles. The van der Waals surface area contributed by atoms with Gasteiger partial charge in [0.2, 0.25) is 0 Å². The summed E-state index contributed by atoms with van der Waals surface area (Å²) in [6, 6.07) is 6.62. The van der Waals surface area contributed by atoms with Crippen molar-refractivity contribution in [2.75, 3.05) is 7.11 Å². The zero-order chi connectivity index (χ0) is 8.27. The van der Waals surface area contributed by atoms with Crippen LogP contribution in [-0.4, -0.2) is 15.9 Å². The molecule has 1 aromatic rings. The van der Waals surface area contributed by atoms with E-state index in [1.54, 1.807) is 24.3 Å². The van der Waals surface area contributed by atoms with E-state index in [1.165, 1.54) is 7.11 Å². The average molecular weight is 180 g/mol. The first kappa shape index (κ1) is 11.7. The molecule has 0 amide bonds. The van der Waals surface area contributed by atoms with Crippen molar-refractivity contribution in [3.05, 3.63) is 24.3 Å². The Morgan fingerprint density at radius 3 is 2.50 bits per heavy atom. The molecule has 0 saturated heterocycles. The van der Waals surface area contributed by atoms with E-state index in [2.05, 4.69) is 0 Å². The molecule has 0 aliphatic rings. The van der Waals surface area contributed by atoms with E-state index in [0.717, 1.165) is 0 Å². The van der Waals surface area contributed by atoms with Crippen molar-refractivity contribution >= 4 is 11.1 Å². The molecule has 1 unspecified atom stereocenters. The molecule has 62 valence electrons. The summed E-state index contributed by atoms with van der Waals surface area (Å²) in [6.07, 6.45) is 0. The summed E-state index contributed by atoms with van der Waals surface area (Å²) in [6.45, 7) is 0. The summed E-state index contributed by atoms with van der Waals surface area (Å²) >= 11 is -1.97. The molecule has 0 spiro atoms. The molecule has 0 aliphatic carbocycles. The van der Waals surface area contributed by atoms with Crippen LogP contribution in [0.2, 0.25) is 0 Å². The third-order valence-corrected chi connectivity index (χ3v) is 1.97. The van der Waals surface area contributed by atoms with Crippen LogP contribution in [0.1, 0.15) is 1.43 Å². The molecular formula is C7H9LiO3S. The van der Waals surface area contributed by atoms with Crippen LogP contribution in [0, 0.1) is 0 Å². The minimum absolute atomic E-state index is 0. The monoisotopic (exact) mass is 180 g/mol. The predicted molar refractivity (Wildman–Crippen MR) is 43.1 cm³/mol. The zero-order valence-corrected chi connectivity index (χ0v) is 7.80. The fourth-order valence-electron chi connectivity index (χ4n) is 0.763. The van der Waals surface area contributed by atoms with Crippen molar-refractivity contribution < 1.29 is 33.8 Å². The molecule has 3 nitrogen and oxygen atoms in total. The molecule has 1 rings (SSSR count).